The Kier molecular flexibility index (Phi) is 78.2. The fraction of sp³-hybridized carbons (Fsp3) is 0.400. The Hall–Kier alpha value is 0.0797. The molecule has 15 heteroatoms. The molecule has 6 N–H and O–H groups in total. The normalized spacial score (nSPS) is 5.76. The summed E-state index contributed by atoms with van der Waals surface area (Å²) in [5, 5.41) is 44.4. The Morgan fingerprint density at radius 3 is 0.520 bits per heavy atom. The van der Waals surface area contributed by atoms with Crippen LogP contribution in [0.5, 0.6) is 0 Å². The largest absolute Gasteiger partial charge is 2.00 e. The average molecular weight is 420 g/mol. The summed E-state index contributed by atoms with van der Waals surface area (Å²) in [4.78, 5) is 54.2. The van der Waals surface area contributed by atoms with Crippen molar-refractivity contribution in [3.05, 3.63) is 0 Å². The van der Waals surface area contributed by atoms with Crippen molar-refractivity contribution in [3.63, 3.8) is 0 Å². The maximum absolute atomic E-state index is 9.10. The van der Waals surface area contributed by atoms with Gasteiger partial charge in [0, 0.05) is 27.7 Å². The topological polar surface area (TPSA) is 224 Å². The molecule has 0 heterocycles. The maximum atomic E-state index is 9.10. The quantitative estimate of drug-likeness (QED) is 0.159. The van der Waals surface area contributed by atoms with Crippen LogP contribution in [0.1, 0.15) is 33.4 Å². The molecule has 0 aliphatic rings. The van der Waals surface area contributed by atoms with Gasteiger partial charge in [-0.15, -0.1) is 0 Å². The van der Waals surface area contributed by atoms with Crippen LogP contribution in [0, 0.1) is 0 Å². The van der Waals surface area contributed by atoms with Gasteiger partial charge in [-0.1, -0.05) is 0 Å². The molecule has 0 aliphatic carbocycles. The molecule has 138 valence electrons. The number of carboxylic acids is 6. The minimum atomic E-state index is -1.82. The smallest absolute Gasteiger partial charge is 1.00 e. The van der Waals surface area contributed by atoms with Crippen LogP contribution < -0.4 is 59.1 Å². The molecule has 0 aromatic carbocycles. The Morgan fingerprint density at radius 2 is 0.520 bits per heavy atom. The Bertz CT molecular complexity index is 327. The molecular weight excluding hydrogens is 398 g/mol. The van der Waals surface area contributed by atoms with Crippen molar-refractivity contribution in [2.45, 2.75) is 27.7 Å². The van der Waals surface area contributed by atoms with Gasteiger partial charge in [0.15, 0.2) is 0 Å². The number of aliphatic carboxylic acids is 6. The van der Waals surface area contributed by atoms with Crippen LogP contribution in [-0.2, 0) is 28.8 Å². The number of carbonyl (C=O) groups is 6. The first-order valence-corrected chi connectivity index (χ1v) is 4.82. The van der Waals surface area contributed by atoms with Crippen molar-refractivity contribution >= 4 is 73.6 Å². The van der Waals surface area contributed by atoms with Crippen LogP contribution in [-0.4, -0.2) is 104 Å². The number of hydrogen-bond acceptors (Lipinski definition) is 6. The summed E-state index contributed by atoms with van der Waals surface area (Å²) in [6, 6.07) is 0. The van der Waals surface area contributed by atoms with E-state index in [2.05, 4.69) is 0 Å². The first-order valence-electron chi connectivity index (χ1n) is 4.82. The minimum absolute atomic E-state index is 0. The Balaban J connectivity index is -0.0000000119. The van der Waals surface area contributed by atoms with Crippen LogP contribution in [0.15, 0.2) is 0 Å². The molecular formula is C10H22CaNa2O12. The summed E-state index contributed by atoms with van der Waals surface area (Å²) in [6.45, 7) is 4.33. The van der Waals surface area contributed by atoms with Gasteiger partial charge in [0.2, 0.25) is 0 Å². The van der Waals surface area contributed by atoms with Gasteiger partial charge in [0.25, 0.3) is 23.9 Å². The van der Waals surface area contributed by atoms with E-state index < -0.39 is 35.8 Å². The molecule has 0 aromatic heterocycles. The third-order valence-corrected chi connectivity index (χ3v) is 0.183. The van der Waals surface area contributed by atoms with E-state index in [4.69, 9.17) is 59.4 Å². The fourth-order valence-electron chi connectivity index (χ4n) is 0. The first kappa shape index (κ1) is 49.8. The van der Waals surface area contributed by atoms with Crippen molar-refractivity contribution in [1.29, 1.82) is 0 Å². The minimum Gasteiger partial charge on any atom is -1.00 e. The number of rotatable bonds is 0. The van der Waals surface area contributed by atoms with Gasteiger partial charge in [-0.2, -0.15) is 0 Å². The van der Waals surface area contributed by atoms with Crippen LogP contribution in [0.3, 0.4) is 0 Å². The van der Waals surface area contributed by atoms with E-state index in [9.17, 15) is 0 Å². The van der Waals surface area contributed by atoms with Crippen LogP contribution in [0.4, 0.5) is 0 Å². The molecule has 0 aliphatic heterocycles. The monoisotopic (exact) mass is 420 g/mol. The van der Waals surface area contributed by atoms with Gasteiger partial charge < -0.3 is 36.3 Å². The summed E-state index contributed by atoms with van der Waals surface area (Å²) < 4.78 is 0. The molecule has 0 atom stereocenters. The summed E-state index contributed by atoms with van der Waals surface area (Å²) in [6.07, 6.45) is 0. The van der Waals surface area contributed by atoms with Gasteiger partial charge >= 0.3 is 109 Å². The van der Waals surface area contributed by atoms with Crippen molar-refractivity contribution in [2.75, 3.05) is 0 Å². The summed E-state index contributed by atoms with van der Waals surface area (Å²) >= 11 is 0. The predicted molar refractivity (Wildman–Crippen MR) is 78.7 cm³/mol. The molecule has 0 bridgehead atoms. The Morgan fingerprint density at radius 1 is 0.480 bits per heavy atom. The molecule has 0 radical (unpaired) electrons. The molecule has 0 rings (SSSR count). The summed E-state index contributed by atoms with van der Waals surface area (Å²) in [5.41, 5.74) is 0. The van der Waals surface area contributed by atoms with Gasteiger partial charge in [0.05, 0.1) is 0 Å². The molecule has 0 unspecified atom stereocenters. The zero-order valence-corrected chi connectivity index (χ0v) is 21.0. The Labute approximate surface area is 223 Å². The second-order valence-corrected chi connectivity index (χ2v) is 2.69. The van der Waals surface area contributed by atoms with E-state index in [0.29, 0.717) is 0 Å². The number of carboxylic acid groups (broad SMARTS) is 6. The first-order chi connectivity index (χ1) is 9.57. The fourth-order valence-corrected chi connectivity index (χ4v) is 0. The van der Waals surface area contributed by atoms with Crippen LogP contribution >= 0.6 is 0 Å². The number of hydrogen-bond donors (Lipinski definition) is 6. The van der Waals surface area contributed by atoms with E-state index in [1.54, 1.807) is 0 Å². The van der Waals surface area contributed by atoms with Crippen molar-refractivity contribution < 1.29 is 124 Å². The molecule has 0 spiro atoms. The molecule has 0 saturated heterocycles. The van der Waals surface area contributed by atoms with Crippen molar-refractivity contribution in [1.82, 2.24) is 0 Å². The van der Waals surface area contributed by atoms with E-state index >= 15 is 0 Å². The molecule has 0 saturated carbocycles. The van der Waals surface area contributed by atoms with Crippen LogP contribution in [0.25, 0.3) is 0 Å². The third-order valence-electron chi connectivity index (χ3n) is 0.183. The summed E-state index contributed by atoms with van der Waals surface area (Å²) in [5.74, 6) is -6.98. The molecule has 25 heavy (non-hydrogen) atoms. The van der Waals surface area contributed by atoms with E-state index in [0.717, 1.165) is 27.7 Å². The van der Waals surface area contributed by atoms with E-state index in [1.807, 2.05) is 0 Å². The molecule has 0 fully saturated rings. The van der Waals surface area contributed by atoms with Gasteiger partial charge in [-0.05, 0) is 0 Å². The molecule has 0 amide bonds. The SMILES string of the molecule is CC(=O)O.CC(=O)O.CC(=O)O.CC(=O)O.O=C(O)C(=O)O.[Ca+2].[H-].[H-].[H-].[H-].[Na+].[Na+]. The summed E-state index contributed by atoms with van der Waals surface area (Å²) in [7, 11) is 0. The van der Waals surface area contributed by atoms with Gasteiger partial charge in [0.1, 0.15) is 0 Å². The van der Waals surface area contributed by atoms with Crippen molar-refractivity contribution in [3.8, 4) is 0 Å². The van der Waals surface area contributed by atoms with Gasteiger partial charge in [-0.25, -0.2) is 9.59 Å². The standard InChI is InChI=1S/C2H2O4.4C2H4O2.Ca.2Na.4H/c3-1(4)2(5)6;4*1-2(3)4;;;;;;;/h(H,3,4)(H,5,6);4*1H3,(H,3,4);;;;;;;/q;;;;;+2;2*+1;4*-1. The van der Waals surface area contributed by atoms with Crippen LogP contribution in [0.2, 0.25) is 0 Å². The third kappa shape index (κ3) is 705. The van der Waals surface area contributed by atoms with E-state index in [-0.39, 0.29) is 103 Å². The molecule has 0 aromatic rings. The van der Waals surface area contributed by atoms with Crippen molar-refractivity contribution in [2.24, 2.45) is 0 Å². The van der Waals surface area contributed by atoms with E-state index in [1.165, 1.54) is 0 Å². The predicted octanol–water partition coefficient (Wildman–Crippen LogP) is -6.40. The van der Waals surface area contributed by atoms with Gasteiger partial charge in [-0.3, -0.25) is 19.2 Å². The molecule has 12 nitrogen and oxygen atoms in total. The second-order valence-electron chi connectivity index (χ2n) is 2.69. The average Bonchev–Trinajstić information content (AvgIpc) is 2.12. The zero-order chi connectivity index (χ0) is 19.5. The zero-order valence-electron chi connectivity index (χ0n) is 18.8. The second kappa shape index (κ2) is 39.2. The maximum Gasteiger partial charge on any atom is 2.00 e.